The molecule has 2 N–H and O–H groups in total. The van der Waals surface area contributed by atoms with Crippen molar-refractivity contribution >= 4 is 11.8 Å². The van der Waals surface area contributed by atoms with E-state index in [1.54, 1.807) is 19.2 Å². The molecule has 2 amide bonds. The highest BCUT2D eigenvalue weighted by molar-refractivity contribution is 5.85. The Labute approximate surface area is 140 Å². The molecule has 0 spiro atoms. The molecule has 0 fully saturated rings. The number of amides is 2. The molecule has 2 aromatic carbocycles. The molecule has 2 rings (SSSR count). The summed E-state index contributed by atoms with van der Waals surface area (Å²) in [5.74, 6) is 0.673. The first-order valence-electron chi connectivity index (χ1n) is 7.52. The van der Waals surface area contributed by atoms with Crippen LogP contribution >= 0.6 is 0 Å². The largest absolute Gasteiger partial charge is 0.496 e. The summed E-state index contributed by atoms with van der Waals surface area (Å²) >= 11 is 0. The molecular weight excluding hydrogens is 308 g/mol. The Morgan fingerprint density at radius 2 is 1.62 bits per heavy atom. The number of para-hydroxylation sites is 2. The topological polar surface area (TPSA) is 76.7 Å². The summed E-state index contributed by atoms with van der Waals surface area (Å²) in [6, 6.07) is 16.4. The summed E-state index contributed by atoms with van der Waals surface area (Å²) in [7, 11) is 1.58. The van der Waals surface area contributed by atoms with Gasteiger partial charge in [-0.15, -0.1) is 0 Å². The van der Waals surface area contributed by atoms with Crippen molar-refractivity contribution in [2.75, 3.05) is 20.3 Å². The Hall–Kier alpha value is -3.02. The van der Waals surface area contributed by atoms with Crippen molar-refractivity contribution in [3.8, 4) is 11.5 Å². The van der Waals surface area contributed by atoms with Gasteiger partial charge in [-0.1, -0.05) is 36.4 Å². The number of hydrogen-bond acceptors (Lipinski definition) is 4. The number of carbonyl (C=O) groups excluding carboxylic acids is 2. The highest BCUT2D eigenvalue weighted by atomic mass is 16.5. The third kappa shape index (κ3) is 5.64. The zero-order valence-electron chi connectivity index (χ0n) is 13.5. The van der Waals surface area contributed by atoms with Crippen molar-refractivity contribution in [2.24, 2.45) is 0 Å². The first-order valence-corrected chi connectivity index (χ1v) is 7.52. The van der Waals surface area contributed by atoms with Crippen molar-refractivity contribution in [3.63, 3.8) is 0 Å². The quantitative estimate of drug-likeness (QED) is 0.770. The highest BCUT2D eigenvalue weighted by Crippen LogP contribution is 2.16. The molecule has 126 valence electrons. The van der Waals surface area contributed by atoms with E-state index in [2.05, 4.69) is 10.6 Å². The van der Waals surface area contributed by atoms with Gasteiger partial charge in [-0.2, -0.15) is 0 Å². The molecule has 0 atom stereocenters. The van der Waals surface area contributed by atoms with Gasteiger partial charge in [0.15, 0.2) is 6.61 Å². The predicted molar refractivity (Wildman–Crippen MR) is 89.8 cm³/mol. The molecule has 0 aliphatic heterocycles. The molecule has 2 aromatic rings. The van der Waals surface area contributed by atoms with Gasteiger partial charge in [-0.3, -0.25) is 9.59 Å². The van der Waals surface area contributed by atoms with Crippen LogP contribution in [0.3, 0.4) is 0 Å². The summed E-state index contributed by atoms with van der Waals surface area (Å²) in [6.45, 7) is 0.0924. The van der Waals surface area contributed by atoms with Crippen molar-refractivity contribution in [1.29, 1.82) is 0 Å². The van der Waals surface area contributed by atoms with Gasteiger partial charge < -0.3 is 20.1 Å². The minimum Gasteiger partial charge on any atom is -0.496 e. The maximum atomic E-state index is 11.8. The van der Waals surface area contributed by atoms with Gasteiger partial charge in [0.25, 0.3) is 5.91 Å². The van der Waals surface area contributed by atoms with Crippen LogP contribution in [0.4, 0.5) is 0 Å². The zero-order chi connectivity index (χ0) is 17.2. The Morgan fingerprint density at radius 3 is 2.38 bits per heavy atom. The third-order valence-corrected chi connectivity index (χ3v) is 3.23. The van der Waals surface area contributed by atoms with Crippen LogP contribution in [0.2, 0.25) is 0 Å². The van der Waals surface area contributed by atoms with E-state index in [1.807, 2.05) is 42.5 Å². The lowest BCUT2D eigenvalue weighted by atomic mass is 10.2. The Bertz CT molecular complexity index is 674. The summed E-state index contributed by atoms with van der Waals surface area (Å²) in [5, 5.41) is 5.24. The van der Waals surface area contributed by atoms with Gasteiger partial charge in [-0.05, 0) is 18.2 Å². The molecular formula is C18H20N2O4. The fraction of sp³-hybridized carbons (Fsp3) is 0.222. The van der Waals surface area contributed by atoms with Crippen molar-refractivity contribution in [1.82, 2.24) is 10.6 Å². The number of benzene rings is 2. The molecule has 6 nitrogen and oxygen atoms in total. The van der Waals surface area contributed by atoms with E-state index in [4.69, 9.17) is 9.47 Å². The van der Waals surface area contributed by atoms with Crippen LogP contribution in [0.25, 0.3) is 0 Å². The van der Waals surface area contributed by atoms with E-state index >= 15 is 0 Å². The van der Waals surface area contributed by atoms with E-state index in [9.17, 15) is 9.59 Å². The number of ether oxygens (including phenoxy) is 2. The Morgan fingerprint density at radius 1 is 0.917 bits per heavy atom. The first kappa shape index (κ1) is 17.3. The van der Waals surface area contributed by atoms with Gasteiger partial charge >= 0.3 is 0 Å². The van der Waals surface area contributed by atoms with Crippen molar-refractivity contribution in [2.45, 2.75) is 6.54 Å². The lowest BCUT2D eigenvalue weighted by Gasteiger charge is -2.10. The molecule has 0 aromatic heterocycles. The number of methoxy groups -OCH3 is 1. The lowest BCUT2D eigenvalue weighted by molar-refractivity contribution is -0.127. The van der Waals surface area contributed by atoms with E-state index in [0.29, 0.717) is 18.0 Å². The number of rotatable bonds is 8. The Balaban J connectivity index is 1.68. The van der Waals surface area contributed by atoms with Gasteiger partial charge in [0.1, 0.15) is 11.5 Å². The SMILES string of the molecule is COc1ccccc1CNC(=O)CNC(=O)COc1ccccc1. The first-order chi connectivity index (χ1) is 11.7. The van der Waals surface area contributed by atoms with Crippen LogP contribution < -0.4 is 20.1 Å². The molecule has 0 saturated heterocycles. The monoisotopic (exact) mass is 328 g/mol. The maximum Gasteiger partial charge on any atom is 0.258 e. The van der Waals surface area contributed by atoms with Crippen LogP contribution in [0, 0.1) is 0 Å². The number of carbonyl (C=O) groups is 2. The summed E-state index contributed by atoms with van der Waals surface area (Å²) in [4.78, 5) is 23.4. The second-order valence-corrected chi connectivity index (χ2v) is 4.97. The summed E-state index contributed by atoms with van der Waals surface area (Å²) < 4.78 is 10.5. The lowest BCUT2D eigenvalue weighted by Crippen LogP contribution is -2.38. The van der Waals surface area contributed by atoms with E-state index in [0.717, 1.165) is 5.56 Å². The zero-order valence-corrected chi connectivity index (χ0v) is 13.5. The van der Waals surface area contributed by atoms with Gasteiger partial charge in [0, 0.05) is 12.1 Å². The van der Waals surface area contributed by atoms with Crippen LogP contribution in [-0.4, -0.2) is 32.1 Å². The minimum atomic E-state index is -0.355. The van der Waals surface area contributed by atoms with E-state index in [-0.39, 0.29) is 25.0 Å². The average molecular weight is 328 g/mol. The van der Waals surface area contributed by atoms with E-state index < -0.39 is 0 Å². The molecule has 24 heavy (non-hydrogen) atoms. The van der Waals surface area contributed by atoms with Gasteiger partial charge in [0.2, 0.25) is 5.91 Å². The fourth-order valence-corrected chi connectivity index (χ4v) is 2.00. The standard InChI is InChI=1S/C18H20N2O4/c1-23-16-10-6-5-7-14(16)11-19-17(21)12-20-18(22)13-24-15-8-3-2-4-9-15/h2-10H,11-13H2,1H3,(H,19,21)(H,20,22). The van der Waals surface area contributed by atoms with Crippen LogP contribution in [-0.2, 0) is 16.1 Å². The molecule has 6 heteroatoms. The van der Waals surface area contributed by atoms with Crippen LogP contribution in [0.5, 0.6) is 11.5 Å². The number of hydrogen-bond donors (Lipinski definition) is 2. The van der Waals surface area contributed by atoms with Crippen molar-refractivity contribution in [3.05, 3.63) is 60.2 Å². The van der Waals surface area contributed by atoms with Crippen LogP contribution in [0.1, 0.15) is 5.56 Å². The summed E-state index contributed by atoms with van der Waals surface area (Å²) in [6.07, 6.45) is 0. The second-order valence-electron chi connectivity index (χ2n) is 4.97. The fourth-order valence-electron chi connectivity index (χ4n) is 2.00. The molecule has 0 saturated carbocycles. The maximum absolute atomic E-state index is 11.8. The molecule has 0 radical (unpaired) electrons. The Kier molecular flexibility index (Phi) is 6.64. The smallest absolute Gasteiger partial charge is 0.258 e. The molecule has 0 aliphatic carbocycles. The predicted octanol–water partition coefficient (Wildman–Crippen LogP) is 1.51. The normalized spacial score (nSPS) is 9.88. The summed E-state index contributed by atoms with van der Waals surface area (Å²) in [5.41, 5.74) is 0.868. The minimum absolute atomic E-state index is 0.105. The van der Waals surface area contributed by atoms with E-state index in [1.165, 1.54) is 0 Å². The van der Waals surface area contributed by atoms with Gasteiger partial charge in [0.05, 0.1) is 13.7 Å². The second kappa shape index (κ2) is 9.19. The molecule has 0 heterocycles. The molecule has 0 bridgehead atoms. The molecule has 0 aliphatic rings. The van der Waals surface area contributed by atoms with Crippen molar-refractivity contribution < 1.29 is 19.1 Å². The number of nitrogens with one attached hydrogen (secondary N) is 2. The molecule has 0 unspecified atom stereocenters. The third-order valence-electron chi connectivity index (χ3n) is 3.23. The van der Waals surface area contributed by atoms with Gasteiger partial charge in [-0.25, -0.2) is 0 Å². The van der Waals surface area contributed by atoms with Crippen LogP contribution in [0.15, 0.2) is 54.6 Å². The highest BCUT2D eigenvalue weighted by Gasteiger charge is 2.08. The average Bonchev–Trinajstić information content (AvgIpc) is 2.64.